The highest BCUT2D eigenvalue weighted by Gasteiger charge is 2.33. The third kappa shape index (κ3) is 3.14. The zero-order valence-corrected chi connectivity index (χ0v) is 11.9. The maximum absolute atomic E-state index is 12.7. The number of fused-ring (bicyclic) bond motifs is 1. The van der Waals surface area contributed by atoms with Gasteiger partial charge in [-0.1, -0.05) is 30.0 Å². The van der Waals surface area contributed by atoms with Crippen LogP contribution in [0.2, 0.25) is 5.28 Å². The van der Waals surface area contributed by atoms with Crippen LogP contribution < -0.4 is 0 Å². The van der Waals surface area contributed by atoms with Crippen molar-refractivity contribution in [2.24, 2.45) is 0 Å². The summed E-state index contributed by atoms with van der Waals surface area (Å²) in [4.78, 5) is 10.1. The van der Waals surface area contributed by atoms with Crippen molar-refractivity contribution in [3.8, 4) is 0 Å². The third-order valence-corrected chi connectivity index (χ3v) is 3.71. The van der Waals surface area contributed by atoms with Crippen molar-refractivity contribution >= 4 is 34.3 Å². The number of benzene rings is 1. The average molecular weight is 330 g/mol. The quantitative estimate of drug-likeness (QED) is 0.543. The zero-order chi connectivity index (χ0) is 15.0. The molecule has 21 heavy (non-hydrogen) atoms. The Balaban J connectivity index is 1.95. The fourth-order valence-electron chi connectivity index (χ4n) is 1.81. The molecule has 3 nitrogen and oxygen atoms in total. The van der Waals surface area contributed by atoms with Crippen LogP contribution >= 0.6 is 23.4 Å². The smallest absolute Gasteiger partial charge is 0.349 e. The number of para-hydroxylation sites is 1. The van der Waals surface area contributed by atoms with Gasteiger partial charge in [-0.2, -0.15) is 13.2 Å². The minimum Gasteiger partial charge on any atom is -0.349 e. The Labute approximate surface area is 126 Å². The monoisotopic (exact) mass is 329 g/mol. The summed E-state index contributed by atoms with van der Waals surface area (Å²) >= 11 is 6.62. The lowest BCUT2D eigenvalue weighted by Gasteiger charge is -2.07. The molecule has 0 amide bonds. The van der Waals surface area contributed by atoms with E-state index in [4.69, 9.17) is 11.6 Å². The van der Waals surface area contributed by atoms with Gasteiger partial charge in [-0.05, 0) is 23.7 Å². The number of hydrogen-bond donors (Lipinski definition) is 1. The molecule has 108 valence electrons. The Kier molecular flexibility index (Phi) is 3.54. The van der Waals surface area contributed by atoms with Gasteiger partial charge in [0.05, 0.1) is 5.03 Å². The summed E-state index contributed by atoms with van der Waals surface area (Å²) in [6, 6.07) is 10.3. The van der Waals surface area contributed by atoms with E-state index in [2.05, 4.69) is 15.0 Å². The van der Waals surface area contributed by atoms with Gasteiger partial charge in [0.25, 0.3) is 0 Å². The van der Waals surface area contributed by atoms with E-state index in [9.17, 15) is 13.2 Å². The van der Waals surface area contributed by atoms with Gasteiger partial charge in [0.15, 0.2) is 5.69 Å². The van der Waals surface area contributed by atoms with Gasteiger partial charge in [-0.3, -0.25) is 0 Å². The van der Waals surface area contributed by atoms with Crippen LogP contribution in [0, 0.1) is 0 Å². The number of nitrogens with one attached hydrogen (secondary N) is 1. The summed E-state index contributed by atoms with van der Waals surface area (Å²) < 4.78 is 38.1. The van der Waals surface area contributed by atoms with Gasteiger partial charge in [0.2, 0.25) is 5.28 Å². The minimum absolute atomic E-state index is 0.133. The lowest BCUT2D eigenvalue weighted by molar-refractivity contribution is -0.141. The molecule has 1 aromatic carbocycles. The van der Waals surface area contributed by atoms with Crippen LogP contribution in [0.15, 0.2) is 46.5 Å². The highest BCUT2D eigenvalue weighted by molar-refractivity contribution is 7.99. The maximum atomic E-state index is 12.7. The topological polar surface area (TPSA) is 41.6 Å². The molecule has 3 aromatic rings. The van der Waals surface area contributed by atoms with Gasteiger partial charge < -0.3 is 4.98 Å². The number of H-pyrrole nitrogens is 1. The largest absolute Gasteiger partial charge is 0.433 e. The van der Waals surface area contributed by atoms with Crippen LogP contribution in [-0.4, -0.2) is 15.0 Å². The molecule has 0 aliphatic rings. The molecule has 0 unspecified atom stereocenters. The molecule has 0 spiro atoms. The van der Waals surface area contributed by atoms with Gasteiger partial charge in [-0.15, -0.1) is 0 Å². The number of nitrogens with zero attached hydrogens (tertiary/aromatic N) is 2. The number of alkyl halides is 3. The average Bonchev–Trinajstić information content (AvgIpc) is 2.79. The molecule has 3 rings (SSSR count). The van der Waals surface area contributed by atoms with Gasteiger partial charge >= 0.3 is 6.18 Å². The predicted molar refractivity (Wildman–Crippen MR) is 74.5 cm³/mol. The molecule has 0 aliphatic heterocycles. The molecule has 2 aromatic heterocycles. The summed E-state index contributed by atoms with van der Waals surface area (Å²) in [7, 11) is 0. The Morgan fingerprint density at radius 2 is 1.86 bits per heavy atom. The maximum Gasteiger partial charge on any atom is 0.433 e. The number of rotatable bonds is 2. The van der Waals surface area contributed by atoms with E-state index >= 15 is 0 Å². The van der Waals surface area contributed by atoms with E-state index < -0.39 is 17.2 Å². The van der Waals surface area contributed by atoms with Crippen molar-refractivity contribution in [1.29, 1.82) is 0 Å². The molecule has 2 heterocycles. The van der Waals surface area contributed by atoms with Crippen LogP contribution in [0.3, 0.4) is 0 Å². The number of hydrogen-bond acceptors (Lipinski definition) is 3. The van der Waals surface area contributed by atoms with E-state index in [1.807, 2.05) is 30.3 Å². The Morgan fingerprint density at radius 3 is 2.57 bits per heavy atom. The molecule has 0 fully saturated rings. The van der Waals surface area contributed by atoms with Gasteiger partial charge in [0.1, 0.15) is 5.03 Å². The first-order valence-electron chi connectivity index (χ1n) is 5.79. The zero-order valence-electron chi connectivity index (χ0n) is 10.3. The summed E-state index contributed by atoms with van der Waals surface area (Å²) in [5.74, 6) is 0. The van der Waals surface area contributed by atoms with Crippen molar-refractivity contribution in [2.75, 3.05) is 0 Å². The normalized spacial score (nSPS) is 12.0. The molecule has 0 atom stereocenters. The van der Waals surface area contributed by atoms with Crippen LogP contribution in [0.5, 0.6) is 0 Å². The van der Waals surface area contributed by atoms with Crippen molar-refractivity contribution in [3.05, 3.63) is 47.4 Å². The summed E-state index contributed by atoms with van der Waals surface area (Å²) in [6.45, 7) is 0. The first-order valence-corrected chi connectivity index (χ1v) is 6.99. The van der Waals surface area contributed by atoms with Gasteiger partial charge in [-0.25, -0.2) is 9.97 Å². The van der Waals surface area contributed by atoms with Gasteiger partial charge in [0, 0.05) is 17.0 Å². The first kappa shape index (κ1) is 14.2. The van der Waals surface area contributed by atoms with E-state index in [-0.39, 0.29) is 5.03 Å². The Hall–Kier alpha value is -1.73. The second kappa shape index (κ2) is 5.23. The van der Waals surface area contributed by atoms with Crippen molar-refractivity contribution in [1.82, 2.24) is 15.0 Å². The fourth-order valence-corrected chi connectivity index (χ4v) is 2.92. The van der Waals surface area contributed by atoms with Crippen LogP contribution in [-0.2, 0) is 6.18 Å². The molecule has 0 saturated heterocycles. The summed E-state index contributed by atoms with van der Waals surface area (Å²) in [5.41, 5.74) is -0.155. The second-order valence-electron chi connectivity index (χ2n) is 4.18. The molecule has 0 bridgehead atoms. The molecular weight excluding hydrogens is 323 g/mol. The molecule has 0 radical (unpaired) electrons. The molecule has 8 heteroatoms. The van der Waals surface area contributed by atoms with Crippen molar-refractivity contribution in [2.45, 2.75) is 16.2 Å². The predicted octanol–water partition coefficient (Wildman–Crippen LogP) is 4.78. The lowest BCUT2D eigenvalue weighted by Crippen LogP contribution is -2.09. The number of aromatic amines is 1. The highest BCUT2D eigenvalue weighted by Crippen LogP contribution is 2.33. The minimum atomic E-state index is -4.55. The Morgan fingerprint density at radius 1 is 1.10 bits per heavy atom. The van der Waals surface area contributed by atoms with E-state index in [0.29, 0.717) is 5.03 Å². The lowest BCUT2D eigenvalue weighted by atomic mass is 10.3. The first-order chi connectivity index (χ1) is 9.91. The van der Waals surface area contributed by atoms with E-state index in [0.717, 1.165) is 28.7 Å². The molecule has 0 saturated carbocycles. The van der Waals surface area contributed by atoms with Crippen LogP contribution in [0.1, 0.15) is 5.69 Å². The van der Waals surface area contributed by atoms with Crippen LogP contribution in [0.25, 0.3) is 10.9 Å². The molecule has 0 aliphatic carbocycles. The van der Waals surface area contributed by atoms with E-state index in [1.165, 1.54) is 0 Å². The standard InChI is InChI=1S/C13H7ClF3N3S/c14-12-19-9(13(15,16)17)6-11(20-12)21-10-5-7-3-1-2-4-8(7)18-10/h1-6,18H. The summed E-state index contributed by atoms with van der Waals surface area (Å²) in [6.07, 6.45) is -4.55. The van der Waals surface area contributed by atoms with Crippen molar-refractivity contribution in [3.63, 3.8) is 0 Å². The number of halogens is 4. The van der Waals surface area contributed by atoms with Crippen LogP contribution in [0.4, 0.5) is 13.2 Å². The number of aromatic nitrogens is 3. The molecular formula is C13H7ClF3N3S. The van der Waals surface area contributed by atoms with E-state index in [1.54, 1.807) is 0 Å². The Bertz CT molecular complexity index is 768. The second-order valence-corrected chi connectivity index (χ2v) is 5.58. The van der Waals surface area contributed by atoms with Crippen molar-refractivity contribution < 1.29 is 13.2 Å². The summed E-state index contributed by atoms with van der Waals surface area (Å²) in [5, 5.41) is 1.35. The third-order valence-electron chi connectivity index (χ3n) is 2.69. The molecule has 1 N–H and O–H groups in total. The fraction of sp³-hybridized carbons (Fsp3) is 0.0769. The highest BCUT2D eigenvalue weighted by atomic mass is 35.5. The SMILES string of the molecule is FC(F)(F)c1cc(Sc2cc3ccccc3[nH]2)nc(Cl)n1.